The maximum absolute atomic E-state index is 13.0. The summed E-state index contributed by atoms with van der Waals surface area (Å²) < 4.78 is 11.3. The highest BCUT2D eigenvalue weighted by atomic mass is 16.5. The lowest BCUT2D eigenvalue weighted by atomic mass is 9.72. The quantitative estimate of drug-likeness (QED) is 0.705. The number of benzene rings is 1. The molecule has 1 unspecified atom stereocenters. The van der Waals surface area contributed by atoms with E-state index in [1.54, 1.807) is 26.0 Å². The molecular formula is C24H30N2O5. The fraction of sp³-hybridized carbons (Fsp3) is 0.542. The maximum atomic E-state index is 13.0. The number of carbonyl (C=O) groups is 2. The van der Waals surface area contributed by atoms with Crippen molar-refractivity contribution in [1.82, 2.24) is 9.80 Å². The molecule has 1 aromatic carbocycles. The smallest absolute Gasteiger partial charge is 0.339 e. The zero-order valence-corrected chi connectivity index (χ0v) is 18.7. The Morgan fingerprint density at radius 3 is 2.52 bits per heavy atom. The number of aryl methyl sites for hydroxylation is 1. The first-order valence-electron chi connectivity index (χ1n) is 10.9. The van der Waals surface area contributed by atoms with Crippen molar-refractivity contribution in [2.45, 2.75) is 52.6 Å². The lowest BCUT2D eigenvalue weighted by molar-refractivity contribution is -0.144. The molecule has 2 aliphatic heterocycles. The Kier molecular flexibility index (Phi) is 5.54. The Morgan fingerprint density at radius 2 is 1.84 bits per heavy atom. The minimum Gasteiger partial charge on any atom is -0.481 e. The SMILES string of the molecule is Cc1c(C)c2ccc(OC(C)C(=O)N3CCC4(CCC(=O)N(C)C4)CC3)cc2oc1=O. The van der Waals surface area contributed by atoms with Crippen molar-refractivity contribution in [1.29, 1.82) is 0 Å². The number of ether oxygens (including phenoxy) is 1. The highest BCUT2D eigenvalue weighted by Gasteiger charge is 2.41. The number of fused-ring (bicyclic) bond motifs is 1. The summed E-state index contributed by atoms with van der Waals surface area (Å²) in [6.07, 6.45) is 2.68. The normalized spacial score (nSPS) is 19.7. The molecule has 1 aromatic heterocycles. The van der Waals surface area contributed by atoms with Gasteiger partial charge in [0.2, 0.25) is 5.91 Å². The molecule has 4 rings (SSSR count). The molecule has 0 bridgehead atoms. The second-order valence-corrected chi connectivity index (χ2v) is 9.13. The van der Waals surface area contributed by atoms with Crippen LogP contribution in [-0.4, -0.2) is 54.4 Å². The zero-order valence-electron chi connectivity index (χ0n) is 18.7. The Labute approximate surface area is 181 Å². The Bertz CT molecular complexity index is 1080. The molecule has 2 aromatic rings. The van der Waals surface area contributed by atoms with Crippen LogP contribution in [0.5, 0.6) is 5.75 Å². The van der Waals surface area contributed by atoms with Crippen molar-refractivity contribution in [3.05, 3.63) is 39.7 Å². The van der Waals surface area contributed by atoms with E-state index in [9.17, 15) is 14.4 Å². The van der Waals surface area contributed by atoms with Crippen LogP contribution in [0.3, 0.4) is 0 Å². The zero-order chi connectivity index (χ0) is 22.3. The lowest BCUT2D eigenvalue weighted by Crippen LogP contribution is -2.52. The molecule has 7 heteroatoms. The number of carbonyl (C=O) groups excluding carboxylic acids is 2. The van der Waals surface area contributed by atoms with Gasteiger partial charge in [-0.3, -0.25) is 9.59 Å². The van der Waals surface area contributed by atoms with Gasteiger partial charge in [-0.15, -0.1) is 0 Å². The summed E-state index contributed by atoms with van der Waals surface area (Å²) in [7, 11) is 1.87. The van der Waals surface area contributed by atoms with Crippen LogP contribution in [0.1, 0.15) is 43.7 Å². The topological polar surface area (TPSA) is 80.1 Å². The molecule has 1 atom stereocenters. The average Bonchev–Trinajstić information content (AvgIpc) is 2.75. The minimum absolute atomic E-state index is 0.0447. The van der Waals surface area contributed by atoms with E-state index in [0.29, 0.717) is 36.4 Å². The van der Waals surface area contributed by atoms with Crippen molar-refractivity contribution in [3.63, 3.8) is 0 Å². The molecular weight excluding hydrogens is 396 g/mol. The predicted octanol–water partition coefficient (Wildman–Crippen LogP) is 3.04. The number of piperidine rings is 2. The molecule has 0 N–H and O–H groups in total. The second-order valence-electron chi connectivity index (χ2n) is 9.13. The molecule has 166 valence electrons. The van der Waals surface area contributed by atoms with Gasteiger partial charge < -0.3 is 19.0 Å². The Morgan fingerprint density at radius 1 is 1.13 bits per heavy atom. The van der Waals surface area contributed by atoms with Gasteiger partial charge in [0.1, 0.15) is 11.3 Å². The van der Waals surface area contributed by atoms with Crippen LogP contribution in [0, 0.1) is 19.3 Å². The summed E-state index contributed by atoms with van der Waals surface area (Å²) in [6.45, 7) is 7.53. The summed E-state index contributed by atoms with van der Waals surface area (Å²) in [6, 6.07) is 5.34. The van der Waals surface area contributed by atoms with Crippen molar-refractivity contribution in [2.24, 2.45) is 5.41 Å². The highest BCUT2D eigenvalue weighted by molar-refractivity contribution is 5.83. The molecule has 31 heavy (non-hydrogen) atoms. The molecule has 0 saturated carbocycles. The van der Waals surface area contributed by atoms with Gasteiger partial charge in [-0.05, 0) is 63.1 Å². The van der Waals surface area contributed by atoms with Crippen molar-refractivity contribution in [3.8, 4) is 5.75 Å². The van der Waals surface area contributed by atoms with Gasteiger partial charge >= 0.3 is 5.63 Å². The van der Waals surface area contributed by atoms with Crippen LogP contribution in [0.25, 0.3) is 11.0 Å². The third kappa shape index (κ3) is 4.05. The van der Waals surface area contributed by atoms with Crippen molar-refractivity contribution < 1.29 is 18.7 Å². The van der Waals surface area contributed by atoms with E-state index in [4.69, 9.17) is 9.15 Å². The van der Waals surface area contributed by atoms with Crippen LogP contribution in [-0.2, 0) is 9.59 Å². The van der Waals surface area contributed by atoms with Crippen LogP contribution in [0.15, 0.2) is 27.4 Å². The van der Waals surface area contributed by atoms with E-state index >= 15 is 0 Å². The van der Waals surface area contributed by atoms with Crippen LogP contribution in [0.2, 0.25) is 0 Å². The van der Waals surface area contributed by atoms with Crippen LogP contribution in [0.4, 0.5) is 0 Å². The molecule has 7 nitrogen and oxygen atoms in total. The van der Waals surface area contributed by atoms with Gasteiger partial charge in [-0.1, -0.05) is 0 Å². The molecule has 2 fully saturated rings. The van der Waals surface area contributed by atoms with Gasteiger partial charge in [-0.25, -0.2) is 4.79 Å². The monoisotopic (exact) mass is 426 g/mol. The first-order valence-corrected chi connectivity index (χ1v) is 10.9. The van der Waals surface area contributed by atoms with E-state index in [-0.39, 0.29) is 22.9 Å². The number of amides is 2. The highest BCUT2D eigenvalue weighted by Crippen LogP contribution is 2.40. The van der Waals surface area contributed by atoms with Gasteiger partial charge in [0, 0.05) is 50.1 Å². The van der Waals surface area contributed by atoms with E-state index in [2.05, 4.69) is 0 Å². The molecule has 3 heterocycles. The van der Waals surface area contributed by atoms with E-state index in [0.717, 1.165) is 36.8 Å². The molecule has 2 saturated heterocycles. The summed E-state index contributed by atoms with van der Waals surface area (Å²) in [5.74, 6) is 0.667. The number of nitrogens with zero attached hydrogens (tertiary/aromatic N) is 2. The summed E-state index contributed by atoms with van der Waals surface area (Å²) in [5.41, 5.74) is 1.72. The molecule has 1 spiro atoms. The molecule has 0 radical (unpaired) electrons. The Balaban J connectivity index is 1.41. The van der Waals surface area contributed by atoms with Crippen LogP contribution < -0.4 is 10.4 Å². The summed E-state index contributed by atoms with van der Waals surface area (Å²) in [4.78, 5) is 40.4. The largest absolute Gasteiger partial charge is 0.481 e. The maximum Gasteiger partial charge on any atom is 0.339 e. The first-order chi connectivity index (χ1) is 14.7. The number of likely N-dealkylation sites (tertiary alicyclic amines) is 2. The van der Waals surface area contributed by atoms with E-state index in [1.807, 2.05) is 29.8 Å². The lowest BCUT2D eigenvalue weighted by Gasteiger charge is -2.46. The minimum atomic E-state index is -0.639. The van der Waals surface area contributed by atoms with Crippen molar-refractivity contribution in [2.75, 3.05) is 26.7 Å². The van der Waals surface area contributed by atoms with Gasteiger partial charge in [0.25, 0.3) is 5.91 Å². The van der Waals surface area contributed by atoms with E-state index < -0.39 is 6.10 Å². The number of hydrogen-bond donors (Lipinski definition) is 0. The third-order valence-corrected chi connectivity index (χ3v) is 7.09. The third-order valence-electron chi connectivity index (χ3n) is 7.09. The summed E-state index contributed by atoms with van der Waals surface area (Å²) in [5, 5.41) is 0.862. The van der Waals surface area contributed by atoms with Gasteiger partial charge in [-0.2, -0.15) is 0 Å². The van der Waals surface area contributed by atoms with Gasteiger partial charge in [0.15, 0.2) is 6.10 Å². The fourth-order valence-corrected chi connectivity index (χ4v) is 4.86. The van der Waals surface area contributed by atoms with Crippen molar-refractivity contribution >= 4 is 22.8 Å². The predicted molar refractivity (Wildman–Crippen MR) is 117 cm³/mol. The average molecular weight is 427 g/mol. The first kappa shape index (κ1) is 21.4. The molecule has 2 aliphatic rings. The van der Waals surface area contributed by atoms with Gasteiger partial charge in [0.05, 0.1) is 0 Å². The van der Waals surface area contributed by atoms with Crippen LogP contribution >= 0.6 is 0 Å². The number of rotatable bonds is 3. The fourth-order valence-electron chi connectivity index (χ4n) is 4.86. The Hall–Kier alpha value is -2.83. The summed E-state index contributed by atoms with van der Waals surface area (Å²) >= 11 is 0. The number of hydrogen-bond acceptors (Lipinski definition) is 5. The molecule has 0 aliphatic carbocycles. The second kappa shape index (κ2) is 8.02. The molecule has 2 amide bonds. The standard InChI is InChI=1S/C24H30N2O5/c1-15-16(2)23(29)31-20-13-18(5-6-19(15)20)30-17(3)22(28)26-11-9-24(10-12-26)8-7-21(27)25(4)14-24/h5-6,13,17H,7-12,14H2,1-4H3. The van der Waals surface area contributed by atoms with E-state index in [1.165, 1.54) is 0 Å².